The first-order valence-corrected chi connectivity index (χ1v) is 9.07. The second-order valence-electron chi connectivity index (χ2n) is 6.80. The van der Waals surface area contributed by atoms with Crippen LogP contribution < -0.4 is 16.0 Å². The lowest BCUT2D eigenvalue weighted by atomic mass is 9.96. The van der Waals surface area contributed by atoms with E-state index >= 15 is 0 Å². The van der Waals surface area contributed by atoms with Crippen molar-refractivity contribution in [3.63, 3.8) is 0 Å². The number of nitrogens with one attached hydrogen (secondary N) is 3. The van der Waals surface area contributed by atoms with Gasteiger partial charge in [0.2, 0.25) is 0 Å². The molecule has 1 aliphatic heterocycles. The molecule has 3 aromatic rings. The van der Waals surface area contributed by atoms with Crippen LogP contribution in [0.3, 0.4) is 0 Å². The molecule has 4 rings (SSSR count). The first-order valence-electron chi connectivity index (χ1n) is 9.07. The number of carbonyl (C=O) groups is 1. The summed E-state index contributed by atoms with van der Waals surface area (Å²) in [5.74, 6) is 0. The molecule has 26 heavy (non-hydrogen) atoms. The third-order valence-electron chi connectivity index (χ3n) is 4.94. The number of hydrogen-bond acceptors (Lipinski definition) is 2. The van der Waals surface area contributed by atoms with Gasteiger partial charge in [0, 0.05) is 25.7 Å². The Bertz CT molecular complexity index is 922. The van der Waals surface area contributed by atoms with Gasteiger partial charge >= 0.3 is 6.03 Å². The van der Waals surface area contributed by atoms with Gasteiger partial charge in [-0.25, -0.2) is 4.79 Å². The number of carbonyl (C=O) groups excluding carboxylic acids is 1. The molecule has 132 valence electrons. The molecule has 3 aromatic carbocycles. The van der Waals surface area contributed by atoms with Crippen molar-refractivity contribution in [3.05, 3.63) is 83.4 Å². The highest BCUT2D eigenvalue weighted by atomic mass is 16.2. The maximum atomic E-state index is 12.1. The second kappa shape index (κ2) is 7.58. The van der Waals surface area contributed by atoms with Crippen molar-refractivity contribution in [2.45, 2.75) is 25.6 Å². The summed E-state index contributed by atoms with van der Waals surface area (Å²) in [6.07, 6.45) is 0.946. The minimum atomic E-state index is -0.126. The van der Waals surface area contributed by atoms with Crippen molar-refractivity contribution >= 4 is 16.8 Å². The van der Waals surface area contributed by atoms with Crippen LogP contribution in [0.5, 0.6) is 0 Å². The molecule has 3 N–H and O–H groups in total. The lowest BCUT2D eigenvalue weighted by molar-refractivity contribution is 0.239. The van der Waals surface area contributed by atoms with Gasteiger partial charge in [0.05, 0.1) is 0 Å². The van der Waals surface area contributed by atoms with Gasteiger partial charge in [0.15, 0.2) is 0 Å². The predicted octanol–water partition coefficient (Wildman–Crippen LogP) is 3.35. The van der Waals surface area contributed by atoms with Gasteiger partial charge < -0.3 is 16.0 Å². The summed E-state index contributed by atoms with van der Waals surface area (Å²) in [7, 11) is 0. The molecule has 1 unspecified atom stereocenters. The summed E-state index contributed by atoms with van der Waals surface area (Å²) in [4.78, 5) is 12.1. The average molecular weight is 345 g/mol. The minimum absolute atomic E-state index is 0.126. The first kappa shape index (κ1) is 16.6. The van der Waals surface area contributed by atoms with Gasteiger partial charge in [-0.3, -0.25) is 0 Å². The third-order valence-corrected chi connectivity index (χ3v) is 4.94. The predicted molar refractivity (Wildman–Crippen MR) is 105 cm³/mol. The van der Waals surface area contributed by atoms with Gasteiger partial charge in [-0.05, 0) is 39.9 Å². The summed E-state index contributed by atoms with van der Waals surface area (Å²) in [6, 6.07) is 23.1. The maximum absolute atomic E-state index is 12.1. The number of amides is 2. The normalized spacial score (nSPS) is 16.1. The van der Waals surface area contributed by atoms with Crippen molar-refractivity contribution in [1.82, 2.24) is 16.0 Å². The molecule has 1 heterocycles. The lowest BCUT2D eigenvalue weighted by Crippen LogP contribution is -2.46. The van der Waals surface area contributed by atoms with Crippen molar-refractivity contribution in [2.24, 2.45) is 0 Å². The van der Waals surface area contributed by atoms with Crippen LogP contribution in [-0.4, -0.2) is 18.6 Å². The molecule has 0 bridgehead atoms. The van der Waals surface area contributed by atoms with Crippen molar-refractivity contribution in [3.8, 4) is 0 Å². The van der Waals surface area contributed by atoms with E-state index in [0.29, 0.717) is 13.1 Å². The zero-order valence-electron chi connectivity index (χ0n) is 14.7. The Hall–Kier alpha value is -2.85. The summed E-state index contributed by atoms with van der Waals surface area (Å²) < 4.78 is 0. The van der Waals surface area contributed by atoms with Crippen molar-refractivity contribution < 1.29 is 4.79 Å². The molecule has 4 heteroatoms. The Morgan fingerprint density at radius 1 is 0.923 bits per heavy atom. The highest BCUT2D eigenvalue weighted by Gasteiger charge is 2.17. The Balaban J connectivity index is 1.26. The van der Waals surface area contributed by atoms with Crippen LogP contribution in [0.4, 0.5) is 4.79 Å². The number of rotatable bonds is 4. The molecule has 0 spiro atoms. The molecule has 0 saturated carbocycles. The molecule has 0 radical (unpaired) electrons. The Morgan fingerprint density at radius 2 is 1.69 bits per heavy atom. The fraction of sp³-hybridized carbons (Fsp3) is 0.227. The van der Waals surface area contributed by atoms with E-state index in [4.69, 9.17) is 0 Å². The number of fused-ring (bicyclic) bond motifs is 2. The maximum Gasteiger partial charge on any atom is 0.315 e. The molecule has 1 aliphatic rings. The van der Waals surface area contributed by atoms with Crippen LogP contribution in [0.1, 0.15) is 16.7 Å². The molecule has 2 amide bonds. The van der Waals surface area contributed by atoms with Gasteiger partial charge in [-0.15, -0.1) is 0 Å². The molecule has 0 aliphatic carbocycles. The molecule has 0 fully saturated rings. The smallest absolute Gasteiger partial charge is 0.315 e. The largest absolute Gasteiger partial charge is 0.337 e. The molecule has 0 aromatic heterocycles. The van der Waals surface area contributed by atoms with Crippen LogP contribution >= 0.6 is 0 Å². The highest BCUT2D eigenvalue weighted by Crippen LogP contribution is 2.16. The summed E-state index contributed by atoms with van der Waals surface area (Å²) in [6.45, 7) is 2.01. The van der Waals surface area contributed by atoms with Crippen LogP contribution in [-0.2, 0) is 19.5 Å². The Kier molecular flexibility index (Phi) is 4.84. The molecular formula is C22H23N3O. The summed E-state index contributed by atoms with van der Waals surface area (Å²) in [5, 5.41) is 11.8. The van der Waals surface area contributed by atoms with Crippen LogP contribution in [0, 0.1) is 0 Å². The molecular weight excluding hydrogens is 322 g/mol. The third kappa shape index (κ3) is 3.86. The van der Waals surface area contributed by atoms with E-state index < -0.39 is 0 Å². The van der Waals surface area contributed by atoms with Crippen molar-refractivity contribution in [2.75, 3.05) is 6.54 Å². The summed E-state index contributed by atoms with van der Waals surface area (Å²) >= 11 is 0. The fourth-order valence-electron chi connectivity index (χ4n) is 3.47. The van der Waals surface area contributed by atoms with E-state index in [9.17, 15) is 4.79 Å². The zero-order chi connectivity index (χ0) is 17.8. The lowest BCUT2D eigenvalue weighted by Gasteiger charge is -2.26. The Morgan fingerprint density at radius 3 is 2.58 bits per heavy atom. The monoisotopic (exact) mass is 345 g/mol. The Labute approximate surface area is 153 Å². The van der Waals surface area contributed by atoms with Crippen LogP contribution in [0.2, 0.25) is 0 Å². The number of benzene rings is 3. The highest BCUT2D eigenvalue weighted by molar-refractivity contribution is 5.83. The van der Waals surface area contributed by atoms with E-state index in [0.717, 1.165) is 18.5 Å². The van der Waals surface area contributed by atoms with Crippen molar-refractivity contribution in [1.29, 1.82) is 0 Å². The molecule has 0 saturated heterocycles. The SMILES string of the molecule is O=C(NCc1ccc2ccccc2c1)NCC1Cc2ccccc2CN1. The first-order chi connectivity index (χ1) is 12.8. The van der Waals surface area contributed by atoms with E-state index in [-0.39, 0.29) is 12.1 Å². The average Bonchev–Trinajstić information content (AvgIpc) is 2.70. The van der Waals surface area contributed by atoms with E-state index in [1.807, 2.05) is 12.1 Å². The topological polar surface area (TPSA) is 53.2 Å². The van der Waals surface area contributed by atoms with E-state index in [1.54, 1.807) is 0 Å². The minimum Gasteiger partial charge on any atom is -0.337 e. The van der Waals surface area contributed by atoms with Gasteiger partial charge in [-0.1, -0.05) is 60.7 Å². The number of urea groups is 1. The quantitative estimate of drug-likeness (QED) is 0.679. The van der Waals surface area contributed by atoms with Crippen LogP contribution in [0.15, 0.2) is 66.7 Å². The summed E-state index contributed by atoms with van der Waals surface area (Å²) in [5.41, 5.74) is 3.82. The van der Waals surface area contributed by atoms with E-state index in [1.165, 1.54) is 21.9 Å². The second-order valence-corrected chi connectivity index (χ2v) is 6.80. The van der Waals surface area contributed by atoms with Gasteiger partial charge in [0.1, 0.15) is 0 Å². The zero-order valence-corrected chi connectivity index (χ0v) is 14.7. The number of hydrogen-bond donors (Lipinski definition) is 3. The van der Waals surface area contributed by atoms with E-state index in [2.05, 4.69) is 70.5 Å². The van der Waals surface area contributed by atoms with Gasteiger partial charge in [-0.2, -0.15) is 0 Å². The standard InChI is InChI=1S/C22H23N3O/c26-22(24-13-16-9-10-17-5-1-2-6-18(17)11-16)25-15-21-12-19-7-3-4-8-20(19)14-23-21/h1-11,21,23H,12-15H2,(H2,24,25,26). The van der Waals surface area contributed by atoms with Gasteiger partial charge in [0.25, 0.3) is 0 Å². The molecule has 4 nitrogen and oxygen atoms in total. The van der Waals surface area contributed by atoms with Crippen LogP contribution in [0.25, 0.3) is 10.8 Å². The molecule has 1 atom stereocenters. The fourth-order valence-corrected chi connectivity index (χ4v) is 3.47.